The molecule has 0 radical (unpaired) electrons. The van der Waals surface area contributed by atoms with E-state index in [4.69, 9.17) is 11.6 Å². The predicted molar refractivity (Wildman–Crippen MR) is 88.7 cm³/mol. The Labute approximate surface area is 152 Å². The van der Waals surface area contributed by atoms with Crippen molar-refractivity contribution in [1.29, 1.82) is 0 Å². The largest absolute Gasteiger partial charge is 0.416 e. The molecule has 0 aliphatic heterocycles. The van der Waals surface area contributed by atoms with Crippen molar-refractivity contribution in [2.75, 3.05) is 19.1 Å². The second-order valence-electron chi connectivity index (χ2n) is 4.77. The first-order chi connectivity index (χ1) is 11.5. The maximum Gasteiger partial charge on any atom is 0.416 e. The zero-order valence-corrected chi connectivity index (χ0v) is 15.6. The van der Waals surface area contributed by atoms with Crippen LogP contribution in [0.2, 0.25) is 5.02 Å². The van der Waals surface area contributed by atoms with Gasteiger partial charge in [0.05, 0.1) is 17.7 Å². The number of sulfonamides is 1. The molecule has 25 heavy (non-hydrogen) atoms. The van der Waals surface area contributed by atoms with Crippen LogP contribution in [0.4, 0.5) is 13.2 Å². The molecule has 0 saturated heterocycles. The van der Waals surface area contributed by atoms with Gasteiger partial charge in [-0.3, -0.25) is 9.63 Å². The van der Waals surface area contributed by atoms with Gasteiger partial charge in [-0.1, -0.05) is 11.6 Å². The van der Waals surface area contributed by atoms with E-state index in [9.17, 15) is 26.4 Å². The molecule has 1 amide bonds. The zero-order chi connectivity index (χ0) is 19.3. The third kappa shape index (κ3) is 6.33. The standard InChI is InChI=1S/C13H16ClF3N2O4S2/c1-23-18-12(20)10(5-6-24-2)19-25(21,22)11-7-8(13(15,16)17)3-4-9(11)14/h3-4,7,10,19H,5-6H2,1-2H3,(H,18,20). The molecule has 0 heterocycles. The molecule has 0 aromatic heterocycles. The molecule has 0 aliphatic rings. The van der Waals surface area contributed by atoms with Gasteiger partial charge in [0.25, 0.3) is 5.91 Å². The highest BCUT2D eigenvalue weighted by Crippen LogP contribution is 2.33. The van der Waals surface area contributed by atoms with Crippen LogP contribution in [0.25, 0.3) is 0 Å². The van der Waals surface area contributed by atoms with Crippen molar-refractivity contribution >= 4 is 39.3 Å². The van der Waals surface area contributed by atoms with Crippen molar-refractivity contribution in [3.63, 3.8) is 0 Å². The van der Waals surface area contributed by atoms with Crippen LogP contribution in [0.5, 0.6) is 0 Å². The van der Waals surface area contributed by atoms with E-state index >= 15 is 0 Å². The first kappa shape index (κ1) is 22.0. The molecule has 2 N–H and O–H groups in total. The highest BCUT2D eigenvalue weighted by molar-refractivity contribution is 7.98. The molecule has 1 atom stereocenters. The fraction of sp³-hybridized carbons (Fsp3) is 0.462. The summed E-state index contributed by atoms with van der Waals surface area (Å²) in [7, 11) is -3.31. The number of benzene rings is 1. The monoisotopic (exact) mass is 420 g/mol. The minimum atomic E-state index is -4.74. The smallest absolute Gasteiger partial charge is 0.277 e. The molecule has 1 aromatic rings. The van der Waals surface area contributed by atoms with Gasteiger partial charge in [-0.2, -0.15) is 29.7 Å². The summed E-state index contributed by atoms with van der Waals surface area (Å²) in [6.45, 7) is 0. The van der Waals surface area contributed by atoms with Crippen LogP contribution in [0.3, 0.4) is 0 Å². The Morgan fingerprint density at radius 1 is 1.40 bits per heavy atom. The summed E-state index contributed by atoms with van der Waals surface area (Å²) >= 11 is 7.11. The highest BCUT2D eigenvalue weighted by atomic mass is 35.5. The van der Waals surface area contributed by atoms with Gasteiger partial charge >= 0.3 is 6.18 Å². The molecule has 1 rings (SSSR count). The van der Waals surface area contributed by atoms with E-state index in [2.05, 4.69) is 9.56 Å². The van der Waals surface area contributed by atoms with Crippen LogP contribution in [0, 0.1) is 0 Å². The van der Waals surface area contributed by atoms with Gasteiger partial charge < -0.3 is 0 Å². The molecule has 6 nitrogen and oxygen atoms in total. The topological polar surface area (TPSA) is 84.5 Å². The Bertz CT molecular complexity index is 714. The van der Waals surface area contributed by atoms with Gasteiger partial charge in [-0.25, -0.2) is 13.9 Å². The first-order valence-electron chi connectivity index (χ1n) is 6.73. The lowest BCUT2D eigenvalue weighted by atomic mass is 10.2. The number of halogens is 4. The van der Waals surface area contributed by atoms with E-state index in [1.807, 2.05) is 5.48 Å². The Morgan fingerprint density at radius 2 is 2.04 bits per heavy atom. The maximum atomic E-state index is 12.8. The van der Waals surface area contributed by atoms with E-state index in [-0.39, 0.29) is 6.42 Å². The number of carbonyl (C=O) groups excluding carboxylic acids is 1. The van der Waals surface area contributed by atoms with E-state index in [1.165, 1.54) is 18.9 Å². The normalized spacial score (nSPS) is 13.5. The summed E-state index contributed by atoms with van der Waals surface area (Å²) in [6.07, 6.45) is -2.88. The third-order valence-corrected chi connectivity index (χ3v) is 5.57. The molecule has 0 aliphatic carbocycles. The Hall–Kier alpha value is -1.01. The summed E-state index contributed by atoms with van der Waals surface area (Å²) in [5.74, 6) is -0.344. The number of nitrogens with one attached hydrogen (secondary N) is 2. The molecular weight excluding hydrogens is 405 g/mol. The van der Waals surface area contributed by atoms with Crippen LogP contribution in [0.1, 0.15) is 12.0 Å². The molecule has 0 saturated carbocycles. The van der Waals surface area contributed by atoms with Gasteiger partial charge in [0.2, 0.25) is 10.0 Å². The van der Waals surface area contributed by atoms with Crippen LogP contribution in [-0.2, 0) is 25.8 Å². The van der Waals surface area contributed by atoms with Gasteiger partial charge in [0.1, 0.15) is 10.9 Å². The Morgan fingerprint density at radius 3 is 2.56 bits per heavy atom. The van der Waals surface area contributed by atoms with Gasteiger partial charge in [0.15, 0.2) is 0 Å². The summed E-state index contributed by atoms with van der Waals surface area (Å²) in [5.41, 5.74) is 0.823. The Balaban J connectivity index is 3.19. The quantitative estimate of drug-likeness (QED) is 0.631. The molecule has 1 unspecified atom stereocenters. The fourth-order valence-corrected chi connectivity index (χ4v) is 4.01. The van der Waals surface area contributed by atoms with Crippen molar-refractivity contribution < 1.29 is 31.2 Å². The summed E-state index contributed by atoms with van der Waals surface area (Å²) in [5, 5.41) is -0.392. The highest BCUT2D eigenvalue weighted by Gasteiger charge is 2.34. The lowest BCUT2D eigenvalue weighted by Gasteiger charge is -2.18. The second kappa shape index (κ2) is 9.08. The van der Waals surface area contributed by atoms with Crippen LogP contribution in [-0.4, -0.2) is 39.5 Å². The Kier molecular flexibility index (Phi) is 8.00. The average Bonchev–Trinajstić information content (AvgIpc) is 2.50. The van der Waals surface area contributed by atoms with Crippen molar-refractivity contribution in [3.8, 4) is 0 Å². The van der Waals surface area contributed by atoms with Gasteiger partial charge in [-0.15, -0.1) is 0 Å². The second-order valence-corrected chi connectivity index (χ2v) is 7.84. The SMILES string of the molecule is CONC(=O)C(CCSC)NS(=O)(=O)c1cc(C(F)(F)F)ccc1Cl. The number of rotatable bonds is 8. The number of carbonyl (C=O) groups is 1. The number of hydrogen-bond acceptors (Lipinski definition) is 5. The van der Waals surface area contributed by atoms with E-state index in [0.29, 0.717) is 17.9 Å². The average molecular weight is 421 g/mol. The van der Waals surface area contributed by atoms with Crippen LogP contribution < -0.4 is 10.2 Å². The van der Waals surface area contributed by atoms with Crippen molar-refractivity contribution in [2.24, 2.45) is 0 Å². The number of hydroxylamine groups is 1. The molecule has 0 fully saturated rings. The molecular formula is C13H16ClF3N2O4S2. The number of amides is 1. The number of alkyl halides is 3. The molecule has 0 spiro atoms. The maximum absolute atomic E-state index is 12.8. The van der Waals surface area contributed by atoms with Crippen LogP contribution >= 0.6 is 23.4 Å². The summed E-state index contributed by atoms with van der Waals surface area (Å²) in [4.78, 5) is 15.6. The van der Waals surface area contributed by atoms with Crippen molar-refractivity contribution in [3.05, 3.63) is 28.8 Å². The molecule has 1 aromatic carbocycles. The first-order valence-corrected chi connectivity index (χ1v) is 9.99. The minimum Gasteiger partial charge on any atom is -0.277 e. The summed E-state index contributed by atoms with van der Waals surface area (Å²) in [6, 6.07) is 0.697. The van der Waals surface area contributed by atoms with Crippen LogP contribution in [0.15, 0.2) is 23.1 Å². The minimum absolute atomic E-state index is 0.103. The van der Waals surface area contributed by atoms with Crippen molar-refractivity contribution in [1.82, 2.24) is 10.2 Å². The van der Waals surface area contributed by atoms with E-state index < -0.39 is 43.6 Å². The van der Waals surface area contributed by atoms with E-state index in [0.717, 1.165) is 6.07 Å². The zero-order valence-electron chi connectivity index (χ0n) is 13.2. The fourth-order valence-electron chi connectivity index (χ4n) is 1.79. The van der Waals surface area contributed by atoms with Gasteiger partial charge in [-0.05, 0) is 36.6 Å². The predicted octanol–water partition coefficient (Wildman–Crippen LogP) is 2.44. The molecule has 142 valence electrons. The van der Waals surface area contributed by atoms with Gasteiger partial charge in [0, 0.05) is 0 Å². The lowest BCUT2D eigenvalue weighted by molar-refractivity contribution is -0.137. The van der Waals surface area contributed by atoms with Crippen molar-refractivity contribution in [2.45, 2.75) is 23.5 Å². The van der Waals surface area contributed by atoms with E-state index in [1.54, 1.807) is 6.26 Å². The lowest BCUT2D eigenvalue weighted by Crippen LogP contribution is -2.46. The number of hydrogen-bond donors (Lipinski definition) is 2. The molecule has 0 bridgehead atoms. The summed E-state index contributed by atoms with van der Waals surface area (Å²) < 4.78 is 65.3. The third-order valence-electron chi connectivity index (χ3n) is 2.98. The molecule has 12 heteroatoms. The number of thioether (sulfide) groups is 1.